The first-order chi connectivity index (χ1) is 7.91. The molecule has 0 spiro atoms. The first-order valence-electron chi connectivity index (χ1n) is 4.87. The van der Waals surface area contributed by atoms with Gasteiger partial charge in [0.15, 0.2) is 0 Å². The smallest absolute Gasteiger partial charge is 0.389 e. The van der Waals surface area contributed by atoms with Crippen molar-refractivity contribution in [2.75, 3.05) is 0 Å². The molecule has 0 amide bonds. The third kappa shape index (κ3) is 4.00. The lowest BCUT2D eigenvalue weighted by atomic mass is 10.0. The van der Waals surface area contributed by atoms with Gasteiger partial charge in [0.05, 0.1) is 0 Å². The predicted octanol–water partition coefficient (Wildman–Crippen LogP) is 0.827. The van der Waals surface area contributed by atoms with Crippen LogP contribution in [0, 0.1) is 0 Å². The summed E-state index contributed by atoms with van der Waals surface area (Å²) in [6.07, 6.45) is 1.84. The summed E-state index contributed by atoms with van der Waals surface area (Å²) in [6.45, 7) is 0. The van der Waals surface area contributed by atoms with Crippen molar-refractivity contribution in [1.29, 1.82) is 0 Å². The van der Waals surface area contributed by atoms with E-state index < -0.39 is 25.9 Å². The summed E-state index contributed by atoms with van der Waals surface area (Å²) in [5, 5.41) is 8.77. The largest absolute Gasteiger partial charge is 0.626 e. The molecule has 0 saturated carbocycles. The highest BCUT2D eigenvalue weighted by Gasteiger charge is 2.20. The fourth-order valence-electron chi connectivity index (χ4n) is 1.36. The van der Waals surface area contributed by atoms with Gasteiger partial charge in [-0.15, -0.1) is 0 Å². The van der Waals surface area contributed by atoms with E-state index in [1.54, 1.807) is 6.08 Å². The SMILES string of the molecule is N[C@@H](CC1=CCC(=[P+]([O-])C(F)F)C=C1)C(=O)O. The molecule has 0 aromatic rings. The number of nitrogens with two attached hydrogens (primary N) is 1. The van der Waals surface area contributed by atoms with E-state index >= 15 is 0 Å². The highest BCUT2D eigenvalue weighted by atomic mass is 31.1. The number of allylic oxidation sites excluding steroid dienone is 3. The van der Waals surface area contributed by atoms with Crippen LogP contribution in [0.3, 0.4) is 0 Å². The van der Waals surface area contributed by atoms with Gasteiger partial charge in [0.2, 0.25) is 0 Å². The molecule has 0 fully saturated rings. The molecule has 3 N–H and O–H groups in total. The van der Waals surface area contributed by atoms with E-state index in [1.807, 2.05) is 0 Å². The average Bonchev–Trinajstić information content (AvgIpc) is 2.28. The Hall–Kier alpha value is -1.10. The van der Waals surface area contributed by atoms with E-state index in [1.165, 1.54) is 12.2 Å². The maximum Gasteiger partial charge on any atom is 0.389 e. The summed E-state index contributed by atoms with van der Waals surface area (Å²) in [5.74, 6) is -1.12. The van der Waals surface area contributed by atoms with Crippen LogP contribution in [-0.4, -0.2) is 28.6 Å². The minimum atomic E-state index is -2.86. The second kappa shape index (κ2) is 6.00. The summed E-state index contributed by atoms with van der Waals surface area (Å²) in [4.78, 5) is 21.6. The minimum Gasteiger partial charge on any atom is -0.626 e. The lowest BCUT2D eigenvalue weighted by Crippen LogP contribution is -2.30. The van der Waals surface area contributed by atoms with Gasteiger partial charge in [-0.3, -0.25) is 4.79 Å². The molecule has 0 bridgehead atoms. The van der Waals surface area contributed by atoms with Crippen molar-refractivity contribution in [2.45, 2.75) is 25.1 Å². The number of aliphatic carboxylic acids is 1. The molecule has 0 aromatic carbocycles. The van der Waals surface area contributed by atoms with Gasteiger partial charge in [-0.2, -0.15) is 8.78 Å². The molecule has 0 saturated heterocycles. The number of rotatable bonds is 4. The highest BCUT2D eigenvalue weighted by Crippen LogP contribution is 2.29. The van der Waals surface area contributed by atoms with Gasteiger partial charge >= 0.3 is 12.1 Å². The minimum absolute atomic E-state index is 0.130. The number of carboxylic acids is 1. The Kier molecular flexibility index (Phi) is 4.93. The summed E-state index contributed by atoms with van der Waals surface area (Å²) >= 11 is 0. The van der Waals surface area contributed by atoms with Crippen LogP contribution in [0.15, 0.2) is 23.8 Å². The van der Waals surface area contributed by atoms with Crippen molar-refractivity contribution in [1.82, 2.24) is 0 Å². The van der Waals surface area contributed by atoms with Crippen LogP contribution < -0.4 is 10.6 Å². The summed E-state index contributed by atoms with van der Waals surface area (Å²) in [6, 6.07) is -1.02. The molecule has 0 heterocycles. The zero-order chi connectivity index (χ0) is 13.0. The second-order valence-corrected chi connectivity index (χ2v) is 5.18. The molecule has 0 aliphatic heterocycles. The predicted molar refractivity (Wildman–Crippen MR) is 60.0 cm³/mol. The summed E-state index contributed by atoms with van der Waals surface area (Å²) in [7, 11) is -2.66. The van der Waals surface area contributed by atoms with Crippen molar-refractivity contribution >= 4 is 19.0 Å². The van der Waals surface area contributed by atoms with E-state index in [-0.39, 0.29) is 18.1 Å². The van der Waals surface area contributed by atoms with Gasteiger partial charge in [-0.05, 0) is 18.1 Å². The fraction of sp³-hybridized carbons (Fsp3) is 0.400. The Morgan fingerprint density at radius 3 is 2.65 bits per heavy atom. The van der Waals surface area contributed by atoms with E-state index in [0.717, 1.165) is 0 Å². The van der Waals surface area contributed by atoms with E-state index in [9.17, 15) is 18.5 Å². The first kappa shape index (κ1) is 14.0. The summed E-state index contributed by atoms with van der Waals surface area (Å²) < 4.78 is 24.3. The molecule has 2 atom stereocenters. The number of carbonyl (C=O) groups is 1. The van der Waals surface area contributed by atoms with Crippen molar-refractivity contribution < 1.29 is 23.6 Å². The van der Waals surface area contributed by atoms with Crippen LogP contribution in [0.4, 0.5) is 8.78 Å². The van der Waals surface area contributed by atoms with Crippen LogP contribution in [0.5, 0.6) is 0 Å². The third-order valence-corrected chi connectivity index (χ3v) is 3.55. The van der Waals surface area contributed by atoms with Gasteiger partial charge in [-0.25, -0.2) is 0 Å². The van der Waals surface area contributed by atoms with Gasteiger partial charge in [0.25, 0.3) is 0 Å². The molecule has 7 heteroatoms. The Balaban J connectivity index is 2.67. The maximum atomic E-state index is 12.2. The molecule has 0 aromatic heterocycles. The zero-order valence-electron chi connectivity index (χ0n) is 8.85. The van der Waals surface area contributed by atoms with E-state index in [2.05, 4.69) is 0 Å². The average molecular weight is 263 g/mol. The Morgan fingerprint density at radius 1 is 1.59 bits per heavy atom. The molecule has 17 heavy (non-hydrogen) atoms. The first-order valence-corrected chi connectivity index (χ1v) is 6.20. The molecular weight excluding hydrogens is 251 g/mol. The van der Waals surface area contributed by atoms with E-state index in [0.29, 0.717) is 5.57 Å². The quantitative estimate of drug-likeness (QED) is 0.735. The van der Waals surface area contributed by atoms with Crippen LogP contribution in [0.2, 0.25) is 0 Å². The van der Waals surface area contributed by atoms with Crippen molar-refractivity contribution in [3.05, 3.63) is 23.8 Å². The molecule has 1 rings (SSSR count). The maximum absolute atomic E-state index is 12.2. The van der Waals surface area contributed by atoms with Crippen LogP contribution in [0.25, 0.3) is 0 Å². The zero-order valence-corrected chi connectivity index (χ0v) is 9.74. The van der Waals surface area contributed by atoms with Crippen molar-refractivity contribution in [2.24, 2.45) is 5.73 Å². The summed E-state index contributed by atoms with van der Waals surface area (Å²) in [5.41, 5.74) is 5.99. The number of hydrogen-bond donors (Lipinski definition) is 2. The highest BCUT2D eigenvalue weighted by molar-refractivity contribution is 7.52. The number of carboxylic acid groups (broad SMARTS) is 1. The molecule has 94 valence electrons. The topological polar surface area (TPSA) is 86.4 Å². The molecule has 1 aliphatic rings. The third-order valence-electron chi connectivity index (χ3n) is 2.30. The van der Waals surface area contributed by atoms with Gasteiger partial charge in [0.1, 0.15) is 19.1 Å². The lowest BCUT2D eigenvalue weighted by molar-refractivity contribution is -0.161. The molecular formula is C10H12F2NO3P. The molecule has 1 unspecified atom stereocenters. The van der Waals surface area contributed by atoms with Crippen molar-refractivity contribution in [3.8, 4) is 0 Å². The molecule has 0 radical (unpaired) electrons. The number of alkyl halides is 2. The number of halogens is 2. The van der Waals surface area contributed by atoms with Gasteiger partial charge in [0, 0.05) is 6.42 Å². The van der Waals surface area contributed by atoms with Crippen LogP contribution in [-0.2, 0) is 4.79 Å². The Morgan fingerprint density at radius 2 is 2.24 bits per heavy atom. The van der Waals surface area contributed by atoms with Crippen LogP contribution >= 0.6 is 7.77 Å². The monoisotopic (exact) mass is 263 g/mol. The normalized spacial score (nSPS) is 20.2. The molecule has 4 nitrogen and oxygen atoms in total. The Labute approximate surface area is 97.9 Å². The second-order valence-electron chi connectivity index (χ2n) is 3.56. The Bertz CT molecular complexity index is 404. The van der Waals surface area contributed by atoms with Crippen molar-refractivity contribution in [3.63, 3.8) is 0 Å². The van der Waals surface area contributed by atoms with Crippen LogP contribution in [0.1, 0.15) is 12.8 Å². The fourth-order valence-corrected chi connectivity index (χ4v) is 2.10. The van der Waals surface area contributed by atoms with Gasteiger partial charge in [-0.1, -0.05) is 12.2 Å². The lowest BCUT2D eigenvalue weighted by Gasteiger charge is -2.11. The number of hydrogen-bond acceptors (Lipinski definition) is 3. The standard InChI is InChI=1S/C10H12F2NO3P/c11-10(12)17(16)7-3-1-6(2-4-7)5-8(13)9(14)15/h1-3,8,10H,4-5,13H2,(H,14,15)/t8-/m0/s1. The van der Waals surface area contributed by atoms with Gasteiger partial charge < -0.3 is 15.7 Å². The van der Waals surface area contributed by atoms with E-state index in [4.69, 9.17) is 10.8 Å². The molecule has 1 aliphatic carbocycles.